The third-order valence-corrected chi connectivity index (χ3v) is 3.98. The Morgan fingerprint density at radius 3 is 2.82 bits per heavy atom. The minimum Gasteiger partial charge on any atom is -0.454 e. The zero-order valence-corrected chi connectivity index (χ0v) is 13.4. The number of hydrogen-bond acceptors (Lipinski definition) is 5. The van der Waals surface area contributed by atoms with Crippen LogP contribution in [0, 0.1) is 0 Å². The van der Waals surface area contributed by atoms with E-state index in [-0.39, 0.29) is 25.1 Å². The molecule has 2 aliphatic rings. The van der Waals surface area contributed by atoms with Gasteiger partial charge < -0.3 is 20.1 Å². The molecule has 2 N–H and O–H groups in total. The van der Waals surface area contributed by atoms with Crippen molar-refractivity contribution in [2.24, 2.45) is 0 Å². The SMILES string of the molecule is CN(CC(=O)Nc1ccc2c(c1)OCO2)C1CCNCC1.Cl. The van der Waals surface area contributed by atoms with Crippen LogP contribution >= 0.6 is 12.4 Å². The molecular formula is C15H22ClN3O3. The number of rotatable bonds is 4. The van der Waals surface area contributed by atoms with Gasteiger partial charge >= 0.3 is 0 Å². The van der Waals surface area contributed by atoms with Gasteiger partial charge in [0.15, 0.2) is 11.5 Å². The average molecular weight is 328 g/mol. The van der Waals surface area contributed by atoms with Gasteiger partial charge in [0.2, 0.25) is 12.7 Å². The number of benzene rings is 1. The Morgan fingerprint density at radius 2 is 2.05 bits per heavy atom. The molecule has 7 heteroatoms. The number of anilines is 1. The van der Waals surface area contributed by atoms with Gasteiger partial charge in [0.05, 0.1) is 6.54 Å². The molecule has 0 aromatic heterocycles. The molecule has 0 saturated carbocycles. The third kappa shape index (κ3) is 4.03. The Hall–Kier alpha value is -1.50. The number of ether oxygens (including phenoxy) is 2. The van der Waals surface area contributed by atoms with Crippen molar-refractivity contribution in [1.82, 2.24) is 10.2 Å². The number of halogens is 1. The van der Waals surface area contributed by atoms with Gasteiger partial charge in [0.25, 0.3) is 0 Å². The molecule has 3 rings (SSSR count). The van der Waals surface area contributed by atoms with Crippen LogP contribution in [-0.4, -0.2) is 50.3 Å². The van der Waals surface area contributed by atoms with Crippen molar-refractivity contribution in [1.29, 1.82) is 0 Å². The first-order valence-electron chi connectivity index (χ1n) is 7.33. The third-order valence-electron chi connectivity index (χ3n) is 3.98. The lowest BCUT2D eigenvalue weighted by Crippen LogP contribution is -2.44. The molecule has 0 spiro atoms. The highest BCUT2D eigenvalue weighted by Gasteiger charge is 2.20. The first kappa shape index (κ1) is 16.9. The zero-order valence-electron chi connectivity index (χ0n) is 12.6. The van der Waals surface area contributed by atoms with Gasteiger partial charge in [0.1, 0.15) is 0 Å². The second-order valence-corrected chi connectivity index (χ2v) is 5.51. The second-order valence-electron chi connectivity index (χ2n) is 5.51. The van der Waals surface area contributed by atoms with E-state index < -0.39 is 0 Å². The summed E-state index contributed by atoms with van der Waals surface area (Å²) in [5, 5.41) is 6.24. The highest BCUT2D eigenvalue weighted by atomic mass is 35.5. The minimum atomic E-state index is -0.00472. The molecular weight excluding hydrogens is 306 g/mol. The number of piperidine rings is 1. The Morgan fingerprint density at radius 1 is 1.32 bits per heavy atom. The lowest BCUT2D eigenvalue weighted by Gasteiger charge is -2.31. The van der Waals surface area contributed by atoms with Crippen molar-refractivity contribution in [2.45, 2.75) is 18.9 Å². The van der Waals surface area contributed by atoms with E-state index in [0.717, 1.165) is 37.4 Å². The molecule has 1 saturated heterocycles. The van der Waals surface area contributed by atoms with E-state index in [4.69, 9.17) is 9.47 Å². The average Bonchev–Trinajstić information content (AvgIpc) is 2.95. The highest BCUT2D eigenvalue weighted by molar-refractivity contribution is 5.92. The van der Waals surface area contributed by atoms with Gasteiger partial charge in [-0.3, -0.25) is 9.69 Å². The maximum atomic E-state index is 12.1. The number of nitrogens with zero attached hydrogens (tertiary/aromatic N) is 1. The predicted octanol–water partition coefficient (Wildman–Crippen LogP) is 1.46. The van der Waals surface area contributed by atoms with Gasteiger partial charge in [-0.05, 0) is 45.1 Å². The van der Waals surface area contributed by atoms with Crippen molar-refractivity contribution in [2.75, 3.05) is 38.8 Å². The second kappa shape index (κ2) is 7.67. The summed E-state index contributed by atoms with van der Waals surface area (Å²) in [7, 11) is 2.01. The summed E-state index contributed by atoms with van der Waals surface area (Å²) < 4.78 is 10.6. The van der Waals surface area contributed by atoms with Gasteiger partial charge in [0, 0.05) is 17.8 Å². The van der Waals surface area contributed by atoms with Gasteiger partial charge in [-0.2, -0.15) is 0 Å². The largest absolute Gasteiger partial charge is 0.454 e. The number of fused-ring (bicyclic) bond motifs is 1. The van der Waals surface area contributed by atoms with Crippen molar-refractivity contribution in [3.8, 4) is 11.5 Å². The number of carbonyl (C=O) groups is 1. The van der Waals surface area contributed by atoms with Crippen molar-refractivity contribution >= 4 is 24.0 Å². The Balaban J connectivity index is 0.00000176. The number of amides is 1. The monoisotopic (exact) mass is 327 g/mol. The predicted molar refractivity (Wildman–Crippen MR) is 87.0 cm³/mol. The maximum absolute atomic E-state index is 12.1. The summed E-state index contributed by atoms with van der Waals surface area (Å²) in [6.45, 7) is 2.70. The lowest BCUT2D eigenvalue weighted by atomic mass is 10.1. The van der Waals surface area contributed by atoms with E-state index in [1.807, 2.05) is 19.2 Å². The molecule has 2 aliphatic heterocycles. The minimum absolute atomic E-state index is 0. The van der Waals surface area contributed by atoms with Crippen LogP contribution in [0.5, 0.6) is 11.5 Å². The molecule has 0 aliphatic carbocycles. The van der Waals surface area contributed by atoms with Crippen LogP contribution < -0.4 is 20.1 Å². The summed E-state index contributed by atoms with van der Waals surface area (Å²) in [6, 6.07) is 5.92. The number of likely N-dealkylation sites (N-methyl/N-ethyl adjacent to an activating group) is 1. The van der Waals surface area contributed by atoms with Crippen LogP contribution in [-0.2, 0) is 4.79 Å². The van der Waals surface area contributed by atoms with Gasteiger partial charge in [-0.25, -0.2) is 0 Å². The Labute approximate surface area is 136 Å². The first-order valence-corrected chi connectivity index (χ1v) is 7.33. The van der Waals surface area contributed by atoms with Crippen LogP contribution in [0.1, 0.15) is 12.8 Å². The van der Waals surface area contributed by atoms with Gasteiger partial charge in [-0.1, -0.05) is 0 Å². The quantitative estimate of drug-likeness (QED) is 0.876. The van der Waals surface area contributed by atoms with Crippen LogP contribution in [0.25, 0.3) is 0 Å². The molecule has 1 aromatic carbocycles. The van der Waals surface area contributed by atoms with E-state index in [2.05, 4.69) is 15.5 Å². The fraction of sp³-hybridized carbons (Fsp3) is 0.533. The molecule has 0 atom stereocenters. The number of nitrogens with one attached hydrogen (secondary N) is 2. The van der Waals surface area contributed by atoms with E-state index in [1.54, 1.807) is 6.07 Å². The van der Waals surface area contributed by atoms with E-state index in [9.17, 15) is 4.79 Å². The molecule has 22 heavy (non-hydrogen) atoms. The smallest absolute Gasteiger partial charge is 0.238 e. The molecule has 0 radical (unpaired) electrons. The van der Waals surface area contributed by atoms with Crippen LogP contribution in [0.3, 0.4) is 0 Å². The molecule has 2 heterocycles. The van der Waals surface area contributed by atoms with Crippen molar-refractivity contribution in [3.63, 3.8) is 0 Å². The standard InChI is InChI=1S/C15H21N3O3.ClH/c1-18(12-4-6-16-7-5-12)9-15(19)17-11-2-3-13-14(8-11)21-10-20-13;/h2-3,8,12,16H,4-7,9-10H2,1H3,(H,17,19);1H. The topological polar surface area (TPSA) is 62.8 Å². The van der Waals surface area contributed by atoms with E-state index in [0.29, 0.717) is 18.3 Å². The first-order chi connectivity index (χ1) is 10.2. The Bertz CT molecular complexity index is 521. The molecule has 1 aromatic rings. The molecule has 6 nitrogen and oxygen atoms in total. The molecule has 1 fully saturated rings. The molecule has 0 bridgehead atoms. The van der Waals surface area contributed by atoms with E-state index >= 15 is 0 Å². The van der Waals surface area contributed by atoms with Crippen LogP contribution in [0.15, 0.2) is 18.2 Å². The summed E-state index contributed by atoms with van der Waals surface area (Å²) in [5.41, 5.74) is 0.739. The molecule has 1 amide bonds. The fourth-order valence-electron chi connectivity index (χ4n) is 2.78. The summed E-state index contributed by atoms with van der Waals surface area (Å²) in [5.74, 6) is 1.40. The zero-order chi connectivity index (χ0) is 14.7. The Kier molecular flexibility index (Phi) is 5.88. The lowest BCUT2D eigenvalue weighted by molar-refractivity contribution is -0.117. The highest BCUT2D eigenvalue weighted by Crippen LogP contribution is 2.34. The molecule has 0 unspecified atom stereocenters. The maximum Gasteiger partial charge on any atom is 0.238 e. The van der Waals surface area contributed by atoms with Crippen molar-refractivity contribution < 1.29 is 14.3 Å². The van der Waals surface area contributed by atoms with Gasteiger partial charge in [-0.15, -0.1) is 12.4 Å². The van der Waals surface area contributed by atoms with E-state index in [1.165, 1.54) is 0 Å². The normalized spacial score (nSPS) is 17.2. The fourth-order valence-corrected chi connectivity index (χ4v) is 2.78. The van der Waals surface area contributed by atoms with Crippen LogP contribution in [0.4, 0.5) is 5.69 Å². The molecule has 122 valence electrons. The number of carbonyl (C=O) groups excluding carboxylic acids is 1. The summed E-state index contributed by atoms with van der Waals surface area (Å²) in [4.78, 5) is 14.3. The van der Waals surface area contributed by atoms with Crippen LogP contribution in [0.2, 0.25) is 0 Å². The summed E-state index contributed by atoms with van der Waals surface area (Å²) >= 11 is 0. The van der Waals surface area contributed by atoms with Crippen molar-refractivity contribution in [3.05, 3.63) is 18.2 Å². The summed E-state index contributed by atoms with van der Waals surface area (Å²) in [6.07, 6.45) is 2.18. The number of hydrogen-bond donors (Lipinski definition) is 2.